The van der Waals surface area contributed by atoms with Gasteiger partial charge >= 0.3 is 0 Å². The molecule has 0 spiro atoms. The Balaban J connectivity index is 2.01. The van der Waals surface area contributed by atoms with Crippen molar-refractivity contribution in [2.24, 2.45) is 0 Å². The molecular weight excluding hydrogens is 210 g/mol. The minimum Gasteiger partial charge on any atom is -0.335 e. The first-order valence-corrected chi connectivity index (χ1v) is 6.31. The van der Waals surface area contributed by atoms with Gasteiger partial charge in [0.1, 0.15) is 0 Å². The molecule has 3 rings (SSSR count). The van der Waals surface area contributed by atoms with E-state index >= 15 is 0 Å². The van der Waals surface area contributed by atoms with E-state index < -0.39 is 0 Å². The number of carbonyl (C=O) groups excluding carboxylic acids is 1. The molecule has 1 saturated heterocycles. The van der Waals surface area contributed by atoms with Crippen molar-refractivity contribution in [3.05, 3.63) is 42.0 Å². The van der Waals surface area contributed by atoms with E-state index in [9.17, 15) is 4.79 Å². The lowest BCUT2D eigenvalue weighted by molar-refractivity contribution is -0.136. The maximum Gasteiger partial charge on any atom is 0.223 e. The zero-order valence-corrected chi connectivity index (χ0v) is 9.98. The summed E-state index contributed by atoms with van der Waals surface area (Å²) in [6.45, 7) is 4.96. The standard InChI is InChI=1S/C15H17NO/c1-11-9-13-6-4-8-15(17)16(13)10-12-5-2-3-7-14(11)12/h2-3,5,7,13H,1,4,6,8-10H2. The number of piperidine rings is 1. The molecule has 0 aromatic heterocycles. The summed E-state index contributed by atoms with van der Waals surface area (Å²) >= 11 is 0. The minimum absolute atomic E-state index is 0.311. The van der Waals surface area contributed by atoms with Gasteiger partial charge in [0.2, 0.25) is 5.91 Å². The summed E-state index contributed by atoms with van der Waals surface area (Å²) in [6, 6.07) is 8.71. The van der Waals surface area contributed by atoms with E-state index in [1.54, 1.807) is 0 Å². The van der Waals surface area contributed by atoms with Crippen molar-refractivity contribution in [3.63, 3.8) is 0 Å². The number of benzene rings is 1. The van der Waals surface area contributed by atoms with Crippen LogP contribution in [0.5, 0.6) is 0 Å². The first kappa shape index (κ1) is 10.6. The molecule has 2 aliphatic heterocycles. The Bertz CT molecular complexity index is 478. The number of hydrogen-bond acceptors (Lipinski definition) is 1. The minimum atomic E-state index is 0.311. The highest BCUT2D eigenvalue weighted by Gasteiger charge is 2.31. The SMILES string of the molecule is C=C1CC2CCCC(=O)N2Cc2ccccc21. The van der Waals surface area contributed by atoms with E-state index in [-0.39, 0.29) is 0 Å². The molecule has 0 aliphatic carbocycles. The van der Waals surface area contributed by atoms with Crippen molar-refractivity contribution in [2.75, 3.05) is 0 Å². The summed E-state index contributed by atoms with van der Waals surface area (Å²) in [5.41, 5.74) is 3.67. The molecule has 17 heavy (non-hydrogen) atoms. The molecule has 1 aromatic carbocycles. The highest BCUT2D eigenvalue weighted by molar-refractivity contribution is 5.79. The average molecular weight is 227 g/mol. The van der Waals surface area contributed by atoms with E-state index in [2.05, 4.69) is 29.7 Å². The molecule has 0 bridgehead atoms. The molecule has 0 saturated carbocycles. The van der Waals surface area contributed by atoms with Gasteiger partial charge in [0.15, 0.2) is 0 Å². The van der Waals surface area contributed by atoms with Gasteiger partial charge in [0.05, 0.1) is 0 Å². The van der Waals surface area contributed by atoms with Crippen LogP contribution in [0.1, 0.15) is 36.8 Å². The van der Waals surface area contributed by atoms with Gasteiger partial charge in [0.25, 0.3) is 0 Å². The molecule has 1 atom stereocenters. The molecule has 2 heterocycles. The van der Waals surface area contributed by atoms with Crippen molar-refractivity contribution in [2.45, 2.75) is 38.3 Å². The van der Waals surface area contributed by atoms with E-state index in [1.165, 1.54) is 16.7 Å². The maximum atomic E-state index is 12.0. The average Bonchev–Trinajstić information content (AvgIpc) is 2.47. The number of rotatable bonds is 0. The zero-order valence-electron chi connectivity index (χ0n) is 9.98. The molecule has 1 unspecified atom stereocenters. The summed E-state index contributed by atoms with van der Waals surface area (Å²) in [6.07, 6.45) is 3.80. The Hall–Kier alpha value is -1.57. The second-order valence-corrected chi connectivity index (χ2v) is 5.03. The number of amides is 1. The number of hydrogen-bond donors (Lipinski definition) is 0. The van der Waals surface area contributed by atoms with Gasteiger partial charge in [-0.15, -0.1) is 0 Å². The van der Waals surface area contributed by atoms with Crippen LogP contribution in [0.2, 0.25) is 0 Å². The smallest absolute Gasteiger partial charge is 0.223 e. The summed E-state index contributed by atoms with van der Waals surface area (Å²) in [5, 5.41) is 0. The van der Waals surface area contributed by atoms with Crippen LogP contribution in [0.3, 0.4) is 0 Å². The molecule has 2 heteroatoms. The van der Waals surface area contributed by atoms with Crippen LogP contribution in [0, 0.1) is 0 Å². The van der Waals surface area contributed by atoms with Crippen molar-refractivity contribution in [3.8, 4) is 0 Å². The van der Waals surface area contributed by atoms with Gasteiger partial charge in [-0.25, -0.2) is 0 Å². The van der Waals surface area contributed by atoms with Crippen molar-refractivity contribution >= 4 is 11.5 Å². The lowest BCUT2D eigenvalue weighted by Crippen LogP contribution is -2.42. The summed E-state index contributed by atoms with van der Waals surface area (Å²) in [7, 11) is 0. The van der Waals surface area contributed by atoms with E-state index in [0.717, 1.165) is 25.8 Å². The Morgan fingerprint density at radius 2 is 2.12 bits per heavy atom. The van der Waals surface area contributed by atoms with Crippen LogP contribution in [-0.4, -0.2) is 16.8 Å². The van der Waals surface area contributed by atoms with Crippen LogP contribution in [-0.2, 0) is 11.3 Å². The van der Waals surface area contributed by atoms with Gasteiger partial charge in [-0.2, -0.15) is 0 Å². The van der Waals surface area contributed by atoms with Crippen LogP contribution >= 0.6 is 0 Å². The van der Waals surface area contributed by atoms with Crippen LogP contribution in [0.15, 0.2) is 30.8 Å². The van der Waals surface area contributed by atoms with Gasteiger partial charge in [-0.05, 0) is 36.0 Å². The second kappa shape index (κ2) is 4.02. The normalized spacial score (nSPS) is 24.0. The van der Waals surface area contributed by atoms with Gasteiger partial charge in [-0.1, -0.05) is 30.8 Å². The van der Waals surface area contributed by atoms with E-state index in [4.69, 9.17) is 0 Å². The zero-order chi connectivity index (χ0) is 11.8. The van der Waals surface area contributed by atoms with E-state index in [0.29, 0.717) is 18.4 Å². The maximum absolute atomic E-state index is 12.0. The molecular formula is C15H17NO. The van der Waals surface area contributed by atoms with E-state index in [1.807, 2.05) is 6.07 Å². The molecule has 0 radical (unpaired) electrons. The quantitative estimate of drug-likeness (QED) is 0.667. The third-order valence-electron chi connectivity index (χ3n) is 3.91. The fourth-order valence-electron chi connectivity index (χ4n) is 3.00. The third-order valence-corrected chi connectivity index (χ3v) is 3.91. The molecule has 1 aromatic rings. The number of carbonyl (C=O) groups is 1. The molecule has 1 fully saturated rings. The third kappa shape index (κ3) is 1.78. The van der Waals surface area contributed by atoms with Crippen LogP contribution in [0.25, 0.3) is 5.57 Å². The van der Waals surface area contributed by atoms with Crippen molar-refractivity contribution in [1.82, 2.24) is 4.90 Å². The Kier molecular flexibility index (Phi) is 2.50. The van der Waals surface area contributed by atoms with Crippen molar-refractivity contribution in [1.29, 1.82) is 0 Å². The molecule has 88 valence electrons. The Morgan fingerprint density at radius 1 is 1.29 bits per heavy atom. The summed E-state index contributed by atoms with van der Waals surface area (Å²) < 4.78 is 0. The lowest BCUT2D eigenvalue weighted by Gasteiger charge is -2.34. The molecule has 2 nitrogen and oxygen atoms in total. The first-order valence-electron chi connectivity index (χ1n) is 6.31. The second-order valence-electron chi connectivity index (χ2n) is 5.03. The predicted molar refractivity (Wildman–Crippen MR) is 68.3 cm³/mol. The summed E-state index contributed by atoms with van der Waals surface area (Å²) in [4.78, 5) is 14.1. The van der Waals surface area contributed by atoms with Gasteiger partial charge < -0.3 is 4.90 Å². The van der Waals surface area contributed by atoms with Crippen LogP contribution in [0.4, 0.5) is 0 Å². The molecule has 0 N–H and O–H groups in total. The lowest BCUT2D eigenvalue weighted by atomic mass is 9.94. The topological polar surface area (TPSA) is 20.3 Å². The highest BCUT2D eigenvalue weighted by Crippen LogP contribution is 2.34. The molecule has 2 aliphatic rings. The Morgan fingerprint density at radius 3 is 3.00 bits per heavy atom. The largest absolute Gasteiger partial charge is 0.335 e. The first-order chi connectivity index (χ1) is 8.25. The summed E-state index contributed by atoms with van der Waals surface area (Å²) in [5.74, 6) is 0.311. The monoisotopic (exact) mass is 227 g/mol. The van der Waals surface area contributed by atoms with Crippen molar-refractivity contribution < 1.29 is 4.79 Å². The Labute approximate surface area is 102 Å². The predicted octanol–water partition coefficient (Wildman–Crippen LogP) is 2.98. The van der Waals surface area contributed by atoms with Gasteiger partial charge in [-0.3, -0.25) is 4.79 Å². The molecule has 1 amide bonds. The van der Waals surface area contributed by atoms with Gasteiger partial charge in [0, 0.05) is 19.0 Å². The fourth-order valence-corrected chi connectivity index (χ4v) is 3.00. The highest BCUT2D eigenvalue weighted by atomic mass is 16.2. The van der Waals surface area contributed by atoms with Crippen LogP contribution < -0.4 is 0 Å². The fraction of sp³-hybridized carbons (Fsp3) is 0.400. The number of nitrogens with zero attached hydrogens (tertiary/aromatic N) is 1. The number of fused-ring (bicyclic) bond motifs is 2.